The third-order valence-electron chi connectivity index (χ3n) is 6.98. The highest BCUT2D eigenvalue weighted by atomic mass is 16.5. The minimum atomic E-state index is -0.811. The molecule has 1 unspecified atom stereocenters. The van der Waals surface area contributed by atoms with E-state index in [9.17, 15) is 14.7 Å². The quantitative estimate of drug-likeness (QED) is 0.247. The standard InChI is InChI=1S/C31H31NO5/c1-3-36-25-16-14-24(15-17-25)32-28(22-10-7-11-26(19-22)37-4-2)27(30(34)31(32)35)29(33)23-13-12-20-8-5-6-9-21(20)18-23/h7,10-19,28,33H,3-6,8-9H2,1-2H3/b29-27-. The molecule has 6 nitrogen and oxygen atoms in total. The van der Waals surface area contributed by atoms with Crippen LogP contribution in [-0.4, -0.2) is 30.0 Å². The zero-order valence-electron chi connectivity index (χ0n) is 21.2. The molecule has 0 spiro atoms. The van der Waals surface area contributed by atoms with E-state index >= 15 is 0 Å². The Morgan fingerprint density at radius 1 is 0.865 bits per heavy atom. The number of hydrogen-bond donors (Lipinski definition) is 1. The van der Waals surface area contributed by atoms with Crippen molar-refractivity contribution in [2.24, 2.45) is 0 Å². The van der Waals surface area contributed by atoms with E-state index in [1.165, 1.54) is 16.0 Å². The van der Waals surface area contributed by atoms with Crippen LogP contribution in [0.5, 0.6) is 11.5 Å². The first-order valence-corrected chi connectivity index (χ1v) is 12.9. The molecule has 0 radical (unpaired) electrons. The van der Waals surface area contributed by atoms with Gasteiger partial charge in [-0.2, -0.15) is 0 Å². The number of aliphatic hydroxyl groups excluding tert-OH is 1. The van der Waals surface area contributed by atoms with E-state index in [-0.39, 0.29) is 11.3 Å². The molecule has 0 aromatic heterocycles. The molecule has 1 N–H and O–H groups in total. The van der Waals surface area contributed by atoms with Crippen molar-refractivity contribution in [2.45, 2.75) is 45.6 Å². The maximum Gasteiger partial charge on any atom is 0.300 e. The summed E-state index contributed by atoms with van der Waals surface area (Å²) in [4.78, 5) is 28.4. The largest absolute Gasteiger partial charge is 0.507 e. The summed E-state index contributed by atoms with van der Waals surface area (Å²) in [6.45, 7) is 4.81. The summed E-state index contributed by atoms with van der Waals surface area (Å²) in [6, 6.07) is 19.4. The van der Waals surface area contributed by atoms with Gasteiger partial charge in [0.2, 0.25) is 0 Å². The Hall–Kier alpha value is -4.06. The Balaban J connectivity index is 1.66. The van der Waals surface area contributed by atoms with E-state index < -0.39 is 17.7 Å². The van der Waals surface area contributed by atoms with Gasteiger partial charge in [-0.1, -0.05) is 24.3 Å². The monoisotopic (exact) mass is 497 g/mol. The van der Waals surface area contributed by atoms with Gasteiger partial charge in [-0.25, -0.2) is 0 Å². The Labute approximate surface area is 217 Å². The molecule has 6 heteroatoms. The Morgan fingerprint density at radius 3 is 2.30 bits per heavy atom. The summed E-state index contributed by atoms with van der Waals surface area (Å²) in [6.07, 6.45) is 4.21. The van der Waals surface area contributed by atoms with Crippen LogP contribution in [0.1, 0.15) is 55.0 Å². The minimum absolute atomic E-state index is 0.0725. The number of ketones is 1. The number of carbonyl (C=O) groups excluding carboxylic acids is 2. The van der Waals surface area contributed by atoms with Crippen molar-refractivity contribution in [2.75, 3.05) is 18.1 Å². The van der Waals surface area contributed by atoms with Crippen LogP contribution in [0, 0.1) is 0 Å². The molecule has 1 heterocycles. The van der Waals surface area contributed by atoms with Gasteiger partial charge < -0.3 is 14.6 Å². The van der Waals surface area contributed by atoms with E-state index in [1.54, 1.807) is 24.3 Å². The highest BCUT2D eigenvalue weighted by Gasteiger charge is 2.47. The number of ether oxygens (including phenoxy) is 2. The van der Waals surface area contributed by atoms with E-state index in [0.29, 0.717) is 41.5 Å². The average Bonchev–Trinajstić information content (AvgIpc) is 3.19. The lowest BCUT2D eigenvalue weighted by Gasteiger charge is -2.26. The third kappa shape index (κ3) is 4.71. The van der Waals surface area contributed by atoms with Crippen molar-refractivity contribution >= 4 is 23.1 Å². The number of aliphatic hydroxyl groups is 1. The van der Waals surface area contributed by atoms with Gasteiger partial charge in [0.25, 0.3) is 11.7 Å². The van der Waals surface area contributed by atoms with E-state index in [0.717, 1.165) is 25.7 Å². The van der Waals surface area contributed by atoms with Crippen LogP contribution in [0.25, 0.3) is 5.76 Å². The van der Waals surface area contributed by atoms with Crippen LogP contribution in [-0.2, 0) is 22.4 Å². The molecule has 1 saturated heterocycles. The van der Waals surface area contributed by atoms with Crippen LogP contribution in [0.2, 0.25) is 0 Å². The molecular weight excluding hydrogens is 466 g/mol. The van der Waals surface area contributed by atoms with Crippen molar-refractivity contribution in [1.29, 1.82) is 0 Å². The number of Topliss-reactive ketones (excluding diaryl/α,β-unsaturated/α-hetero) is 1. The number of benzene rings is 3. The van der Waals surface area contributed by atoms with Gasteiger partial charge in [0.1, 0.15) is 17.3 Å². The lowest BCUT2D eigenvalue weighted by Crippen LogP contribution is -2.29. The smallest absolute Gasteiger partial charge is 0.300 e. The highest BCUT2D eigenvalue weighted by molar-refractivity contribution is 6.51. The van der Waals surface area contributed by atoms with Crippen molar-refractivity contribution in [1.82, 2.24) is 0 Å². The second-order valence-electron chi connectivity index (χ2n) is 9.29. The van der Waals surface area contributed by atoms with Gasteiger partial charge >= 0.3 is 0 Å². The molecule has 190 valence electrons. The SMILES string of the molecule is CCOc1ccc(N2C(=O)C(=O)/C(=C(\O)c3ccc4c(c3)CCCC4)C2c2cccc(OCC)c2)cc1. The Bertz CT molecular complexity index is 1360. The molecule has 0 saturated carbocycles. The summed E-state index contributed by atoms with van der Waals surface area (Å²) in [5.74, 6) is -0.253. The number of fused-ring (bicyclic) bond motifs is 1. The Morgan fingerprint density at radius 2 is 1.57 bits per heavy atom. The zero-order valence-corrected chi connectivity index (χ0v) is 21.2. The predicted octanol–water partition coefficient (Wildman–Crippen LogP) is 5.99. The number of amides is 1. The fourth-order valence-electron chi connectivity index (χ4n) is 5.26. The third-order valence-corrected chi connectivity index (χ3v) is 6.98. The van der Waals surface area contributed by atoms with Gasteiger partial charge in [-0.3, -0.25) is 14.5 Å². The summed E-state index contributed by atoms with van der Waals surface area (Å²) in [5, 5.41) is 11.5. The number of carbonyl (C=O) groups is 2. The van der Waals surface area contributed by atoms with Crippen molar-refractivity contribution < 1.29 is 24.2 Å². The number of rotatable bonds is 7. The average molecular weight is 498 g/mol. The van der Waals surface area contributed by atoms with Crippen molar-refractivity contribution in [3.8, 4) is 11.5 Å². The number of aryl methyl sites for hydroxylation is 2. The maximum atomic E-state index is 13.5. The second kappa shape index (κ2) is 10.5. The fraction of sp³-hybridized carbons (Fsp3) is 0.290. The summed E-state index contributed by atoms with van der Waals surface area (Å²) < 4.78 is 11.3. The topological polar surface area (TPSA) is 76.1 Å². The van der Waals surface area contributed by atoms with Gasteiger partial charge in [-0.05, 0) is 98.7 Å². The van der Waals surface area contributed by atoms with Crippen LogP contribution < -0.4 is 14.4 Å². The second-order valence-corrected chi connectivity index (χ2v) is 9.29. The van der Waals surface area contributed by atoms with Crippen molar-refractivity contribution in [3.05, 3.63) is 94.6 Å². The molecule has 1 aliphatic carbocycles. The fourth-order valence-corrected chi connectivity index (χ4v) is 5.26. The summed E-state index contributed by atoms with van der Waals surface area (Å²) in [7, 11) is 0. The molecule has 1 aliphatic heterocycles. The van der Waals surface area contributed by atoms with E-state index in [2.05, 4.69) is 0 Å². The Kier molecular flexibility index (Phi) is 6.99. The van der Waals surface area contributed by atoms with Crippen LogP contribution in [0.15, 0.2) is 72.3 Å². The number of anilines is 1. The molecule has 5 rings (SSSR count). The molecule has 37 heavy (non-hydrogen) atoms. The van der Waals surface area contributed by atoms with Crippen LogP contribution >= 0.6 is 0 Å². The first kappa shape index (κ1) is 24.6. The van der Waals surface area contributed by atoms with Gasteiger partial charge in [0, 0.05) is 11.3 Å². The molecule has 3 aromatic carbocycles. The normalized spacial score (nSPS) is 18.5. The first-order valence-electron chi connectivity index (χ1n) is 12.9. The molecule has 2 aliphatic rings. The number of hydrogen-bond acceptors (Lipinski definition) is 5. The molecule has 0 bridgehead atoms. The lowest BCUT2D eigenvalue weighted by atomic mass is 9.88. The molecule has 1 fully saturated rings. The van der Waals surface area contributed by atoms with Gasteiger partial charge in [-0.15, -0.1) is 0 Å². The van der Waals surface area contributed by atoms with Crippen LogP contribution in [0.3, 0.4) is 0 Å². The predicted molar refractivity (Wildman–Crippen MR) is 143 cm³/mol. The number of nitrogens with zero attached hydrogens (tertiary/aromatic N) is 1. The zero-order chi connectivity index (χ0) is 25.9. The highest BCUT2D eigenvalue weighted by Crippen LogP contribution is 2.43. The summed E-state index contributed by atoms with van der Waals surface area (Å²) in [5.41, 5.74) is 4.31. The van der Waals surface area contributed by atoms with Gasteiger partial charge in [0.05, 0.1) is 24.8 Å². The molecule has 1 atom stereocenters. The molecule has 1 amide bonds. The molecular formula is C31H31NO5. The van der Waals surface area contributed by atoms with Crippen LogP contribution in [0.4, 0.5) is 5.69 Å². The maximum absolute atomic E-state index is 13.5. The van der Waals surface area contributed by atoms with E-state index in [1.807, 2.05) is 56.3 Å². The lowest BCUT2D eigenvalue weighted by molar-refractivity contribution is -0.132. The van der Waals surface area contributed by atoms with Gasteiger partial charge in [0.15, 0.2) is 0 Å². The van der Waals surface area contributed by atoms with E-state index in [4.69, 9.17) is 9.47 Å². The molecule has 3 aromatic rings. The van der Waals surface area contributed by atoms with Crippen molar-refractivity contribution in [3.63, 3.8) is 0 Å². The summed E-state index contributed by atoms with van der Waals surface area (Å²) >= 11 is 0. The minimum Gasteiger partial charge on any atom is -0.507 e. The first-order chi connectivity index (χ1) is 18.0.